The van der Waals surface area contributed by atoms with Gasteiger partial charge in [0.15, 0.2) is 0 Å². The molecule has 1 fully saturated rings. The van der Waals surface area contributed by atoms with Crippen molar-refractivity contribution in [2.75, 3.05) is 13.1 Å². The van der Waals surface area contributed by atoms with Crippen LogP contribution in [0.1, 0.15) is 31.3 Å². The smallest absolute Gasteiger partial charge is 0.226 e. The van der Waals surface area contributed by atoms with E-state index in [1.165, 1.54) is 0 Å². The predicted molar refractivity (Wildman–Crippen MR) is 68.8 cm³/mol. The molecule has 0 aromatic carbocycles. The van der Waals surface area contributed by atoms with Crippen molar-refractivity contribution in [1.82, 2.24) is 20.6 Å². The molecule has 1 aliphatic rings. The van der Waals surface area contributed by atoms with Crippen molar-refractivity contribution in [2.24, 2.45) is 5.41 Å². The summed E-state index contributed by atoms with van der Waals surface area (Å²) >= 11 is 0. The van der Waals surface area contributed by atoms with E-state index in [0.717, 1.165) is 37.4 Å². The van der Waals surface area contributed by atoms with E-state index in [1.807, 2.05) is 19.9 Å². The highest BCUT2D eigenvalue weighted by atomic mass is 16.2. The zero-order chi connectivity index (χ0) is 13.0. The number of rotatable bonds is 3. The minimum atomic E-state index is -0.243. The Balaban J connectivity index is 1.91. The predicted octanol–water partition coefficient (Wildman–Crippen LogP) is 0.791. The second-order valence-electron chi connectivity index (χ2n) is 5.09. The van der Waals surface area contributed by atoms with Crippen molar-refractivity contribution >= 4 is 5.91 Å². The maximum atomic E-state index is 12.2. The normalized spacial score (nSPS) is 18.3. The van der Waals surface area contributed by atoms with E-state index in [0.29, 0.717) is 6.54 Å². The summed E-state index contributed by atoms with van der Waals surface area (Å²) in [4.78, 5) is 20.5. The molecule has 1 aliphatic heterocycles. The largest absolute Gasteiger partial charge is 0.350 e. The highest BCUT2D eigenvalue weighted by Crippen LogP contribution is 2.27. The number of carbonyl (C=O) groups excluding carboxylic acids is 1. The number of hydrogen-bond donors (Lipinski definition) is 2. The third kappa shape index (κ3) is 3.04. The van der Waals surface area contributed by atoms with Gasteiger partial charge in [0.2, 0.25) is 5.91 Å². The van der Waals surface area contributed by atoms with Crippen LogP contribution in [0.3, 0.4) is 0 Å². The molecule has 1 amide bonds. The van der Waals surface area contributed by atoms with Gasteiger partial charge in [0.1, 0.15) is 5.82 Å². The molecule has 0 spiro atoms. The van der Waals surface area contributed by atoms with Gasteiger partial charge in [-0.25, -0.2) is 9.97 Å². The quantitative estimate of drug-likeness (QED) is 0.830. The molecule has 0 aliphatic carbocycles. The SMILES string of the molecule is Cc1nccc(CNC(=O)C2(C)CCNCC2)n1. The summed E-state index contributed by atoms with van der Waals surface area (Å²) in [5.41, 5.74) is 0.612. The van der Waals surface area contributed by atoms with Gasteiger partial charge in [0.05, 0.1) is 12.2 Å². The lowest BCUT2D eigenvalue weighted by Crippen LogP contribution is -2.45. The molecule has 1 aromatic heterocycles. The van der Waals surface area contributed by atoms with Crippen molar-refractivity contribution in [2.45, 2.75) is 33.2 Å². The van der Waals surface area contributed by atoms with Crippen molar-refractivity contribution < 1.29 is 4.79 Å². The van der Waals surface area contributed by atoms with Crippen LogP contribution in [0, 0.1) is 12.3 Å². The van der Waals surface area contributed by atoms with E-state index in [9.17, 15) is 4.79 Å². The topological polar surface area (TPSA) is 66.9 Å². The lowest BCUT2D eigenvalue weighted by Gasteiger charge is -2.32. The minimum Gasteiger partial charge on any atom is -0.350 e. The Hall–Kier alpha value is -1.49. The first-order valence-corrected chi connectivity index (χ1v) is 6.38. The molecule has 5 nitrogen and oxygen atoms in total. The van der Waals surface area contributed by atoms with Crippen LogP contribution < -0.4 is 10.6 Å². The number of aryl methyl sites for hydroxylation is 1. The summed E-state index contributed by atoms with van der Waals surface area (Å²) in [6, 6.07) is 1.83. The Morgan fingerprint density at radius 1 is 1.50 bits per heavy atom. The second-order valence-corrected chi connectivity index (χ2v) is 5.09. The van der Waals surface area contributed by atoms with Crippen molar-refractivity contribution in [3.05, 3.63) is 23.8 Å². The lowest BCUT2D eigenvalue weighted by atomic mass is 9.80. The fourth-order valence-corrected chi connectivity index (χ4v) is 2.19. The number of hydrogen-bond acceptors (Lipinski definition) is 4. The van der Waals surface area contributed by atoms with Gasteiger partial charge in [-0.3, -0.25) is 4.79 Å². The zero-order valence-corrected chi connectivity index (χ0v) is 11.0. The molecule has 2 rings (SSSR count). The van der Waals surface area contributed by atoms with Gasteiger partial charge >= 0.3 is 0 Å². The highest BCUT2D eigenvalue weighted by Gasteiger charge is 2.34. The fourth-order valence-electron chi connectivity index (χ4n) is 2.19. The van der Waals surface area contributed by atoms with Gasteiger partial charge in [0, 0.05) is 11.6 Å². The van der Waals surface area contributed by atoms with Gasteiger partial charge in [-0.15, -0.1) is 0 Å². The third-order valence-corrected chi connectivity index (χ3v) is 3.52. The number of nitrogens with zero attached hydrogens (tertiary/aromatic N) is 2. The maximum absolute atomic E-state index is 12.2. The summed E-state index contributed by atoms with van der Waals surface area (Å²) in [6.07, 6.45) is 3.50. The molecule has 0 saturated carbocycles. The van der Waals surface area contributed by atoms with E-state index in [-0.39, 0.29) is 11.3 Å². The molecule has 18 heavy (non-hydrogen) atoms. The third-order valence-electron chi connectivity index (χ3n) is 3.52. The average Bonchev–Trinajstić information content (AvgIpc) is 2.37. The van der Waals surface area contributed by atoms with Gasteiger partial charge < -0.3 is 10.6 Å². The molecule has 1 aromatic rings. The molecule has 5 heteroatoms. The highest BCUT2D eigenvalue weighted by molar-refractivity contribution is 5.82. The maximum Gasteiger partial charge on any atom is 0.226 e. The van der Waals surface area contributed by atoms with E-state index < -0.39 is 0 Å². The van der Waals surface area contributed by atoms with E-state index in [4.69, 9.17) is 0 Å². The average molecular weight is 248 g/mol. The Morgan fingerprint density at radius 3 is 2.89 bits per heavy atom. The van der Waals surface area contributed by atoms with Crippen LogP contribution in [-0.4, -0.2) is 29.0 Å². The monoisotopic (exact) mass is 248 g/mol. The summed E-state index contributed by atoms with van der Waals surface area (Å²) < 4.78 is 0. The Kier molecular flexibility index (Phi) is 3.91. The lowest BCUT2D eigenvalue weighted by molar-refractivity contribution is -0.131. The Morgan fingerprint density at radius 2 is 2.22 bits per heavy atom. The Labute approximate surface area is 107 Å². The summed E-state index contributed by atoms with van der Waals surface area (Å²) in [6.45, 7) is 6.19. The zero-order valence-electron chi connectivity index (χ0n) is 11.0. The van der Waals surface area contributed by atoms with Gasteiger partial charge in [0.25, 0.3) is 0 Å². The molecule has 0 unspecified atom stereocenters. The van der Waals surface area contributed by atoms with Crippen LogP contribution in [0.25, 0.3) is 0 Å². The first kappa shape index (κ1) is 13.0. The number of nitrogens with one attached hydrogen (secondary N) is 2. The van der Waals surface area contributed by atoms with Crippen LogP contribution >= 0.6 is 0 Å². The molecule has 98 valence electrons. The van der Waals surface area contributed by atoms with Crippen LogP contribution in [0.4, 0.5) is 0 Å². The minimum absolute atomic E-state index is 0.125. The molecule has 2 heterocycles. The van der Waals surface area contributed by atoms with E-state index in [1.54, 1.807) is 6.20 Å². The molecular weight excluding hydrogens is 228 g/mol. The molecule has 0 radical (unpaired) electrons. The van der Waals surface area contributed by atoms with E-state index >= 15 is 0 Å². The number of piperidine rings is 1. The summed E-state index contributed by atoms with van der Waals surface area (Å²) in [7, 11) is 0. The van der Waals surface area contributed by atoms with Crippen molar-refractivity contribution in [3.8, 4) is 0 Å². The van der Waals surface area contributed by atoms with Crippen molar-refractivity contribution in [1.29, 1.82) is 0 Å². The number of carbonyl (C=O) groups is 1. The summed E-state index contributed by atoms with van der Waals surface area (Å²) in [5, 5.41) is 6.25. The standard InChI is InChI=1S/C13H20N4O/c1-10-15-6-3-11(17-10)9-16-12(18)13(2)4-7-14-8-5-13/h3,6,14H,4-5,7-9H2,1-2H3,(H,16,18). The molecule has 1 saturated heterocycles. The Bertz CT molecular complexity index is 427. The molecule has 2 N–H and O–H groups in total. The number of aromatic nitrogens is 2. The fraction of sp³-hybridized carbons (Fsp3) is 0.615. The summed E-state index contributed by atoms with van der Waals surface area (Å²) in [5.74, 6) is 0.857. The first-order chi connectivity index (χ1) is 8.60. The second kappa shape index (κ2) is 5.44. The van der Waals surface area contributed by atoms with E-state index in [2.05, 4.69) is 20.6 Å². The van der Waals surface area contributed by atoms with Gasteiger partial charge in [-0.05, 0) is 38.9 Å². The van der Waals surface area contributed by atoms with Gasteiger partial charge in [-0.2, -0.15) is 0 Å². The number of amides is 1. The first-order valence-electron chi connectivity index (χ1n) is 6.38. The molecule has 0 atom stereocenters. The van der Waals surface area contributed by atoms with Crippen LogP contribution in [0.15, 0.2) is 12.3 Å². The van der Waals surface area contributed by atoms with Crippen LogP contribution in [0.5, 0.6) is 0 Å². The van der Waals surface area contributed by atoms with Gasteiger partial charge in [-0.1, -0.05) is 6.92 Å². The molecular formula is C13H20N4O. The molecule has 0 bridgehead atoms. The van der Waals surface area contributed by atoms with Crippen LogP contribution in [-0.2, 0) is 11.3 Å². The van der Waals surface area contributed by atoms with Crippen LogP contribution in [0.2, 0.25) is 0 Å². The van der Waals surface area contributed by atoms with Crippen molar-refractivity contribution in [3.63, 3.8) is 0 Å².